The number of aliphatic hydroxyl groups excluding tert-OH is 1. The molecule has 10 heteroatoms. The topological polar surface area (TPSA) is 117 Å². The molecule has 9 nitrogen and oxygen atoms in total. The predicted octanol–water partition coefficient (Wildman–Crippen LogP) is 2.37. The van der Waals surface area contributed by atoms with Gasteiger partial charge >= 0.3 is 5.69 Å². The van der Waals surface area contributed by atoms with Gasteiger partial charge in [-0.3, -0.25) is 18.9 Å². The van der Waals surface area contributed by atoms with Crippen LogP contribution in [0.5, 0.6) is 0 Å². The summed E-state index contributed by atoms with van der Waals surface area (Å²) < 4.78 is 3.71. The van der Waals surface area contributed by atoms with Crippen molar-refractivity contribution < 1.29 is 5.11 Å². The van der Waals surface area contributed by atoms with Crippen molar-refractivity contribution in [3.8, 4) is 0 Å². The molecule has 2 aromatic carbocycles. The number of hydrazone groups is 1. The van der Waals surface area contributed by atoms with Crippen LogP contribution in [0.3, 0.4) is 0 Å². The monoisotopic (exact) mass is 482 g/mol. The maximum atomic E-state index is 12.5. The van der Waals surface area contributed by atoms with Crippen molar-refractivity contribution in [2.75, 3.05) is 5.43 Å². The van der Waals surface area contributed by atoms with Crippen LogP contribution in [0.15, 0.2) is 73.8 Å². The zero-order valence-corrected chi connectivity index (χ0v) is 18.1. The van der Waals surface area contributed by atoms with E-state index in [1.54, 1.807) is 18.3 Å². The fraction of sp³-hybridized carbons (Fsp3) is 0.143. The van der Waals surface area contributed by atoms with Crippen molar-refractivity contribution >= 4 is 39.3 Å². The number of nitrogens with zero attached hydrogens (tertiary/aromatic N) is 4. The third kappa shape index (κ3) is 4.35. The van der Waals surface area contributed by atoms with Gasteiger partial charge in [0.05, 0.1) is 18.9 Å². The number of halogens is 1. The van der Waals surface area contributed by atoms with Gasteiger partial charge < -0.3 is 5.11 Å². The molecule has 0 spiro atoms. The van der Waals surface area contributed by atoms with Gasteiger partial charge in [-0.1, -0.05) is 58.4 Å². The van der Waals surface area contributed by atoms with E-state index < -0.39 is 17.4 Å². The number of anilines is 1. The lowest BCUT2D eigenvalue weighted by Crippen LogP contribution is -2.29. The smallest absolute Gasteiger partial charge is 0.329 e. The minimum Gasteiger partial charge on any atom is -0.387 e. The Bertz CT molecular complexity index is 1360. The van der Waals surface area contributed by atoms with E-state index in [1.165, 1.54) is 16.2 Å². The average molecular weight is 483 g/mol. The molecule has 0 unspecified atom stereocenters. The standard InChI is InChI=1S/C21H19BrN6O3/c1-27-18-17(19(30)25-21(27)31)28(12-16(29)14-5-3-2-4-6-14)20(24-18)26-23-11-13-7-9-15(22)10-8-13/h2-11,16,29H,12H2,1H3,(H,24,26)(H,25,30,31)/b23-11-/t16-/m1/s1. The fourth-order valence-electron chi connectivity index (χ4n) is 3.16. The van der Waals surface area contributed by atoms with E-state index in [0.29, 0.717) is 5.56 Å². The predicted molar refractivity (Wildman–Crippen MR) is 122 cm³/mol. The molecule has 0 saturated heterocycles. The number of aromatic nitrogens is 4. The fourth-order valence-corrected chi connectivity index (χ4v) is 3.43. The summed E-state index contributed by atoms with van der Waals surface area (Å²) in [6, 6.07) is 16.6. The molecule has 0 radical (unpaired) electrons. The molecule has 0 fully saturated rings. The van der Waals surface area contributed by atoms with Gasteiger partial charge in [-0.25, -0.2) is 10.2 Å². The van der Waals surface area contributed by atoms with E-state index in [1.807, 2.05) is 42.5 Å². The first-order chi connectivity index (χ1) is 14.9. The Balaban J connectivity index is 1.74. The van der Waals surface area contributed by atoms with Crippen LogP contribution in [-0.4, -0.2) is 30.4 Å². The molecule has 2 aromatic heterocycles. The molecule has 4 aromatic rings. The highest BCUT2D eigenvalue weighted by atomic mass is 79.9. The van der Waals surface area contributed by atoms with Crippen molar-refractivity contribution in [3.05, 3.63) is 91.0 Å². The number of aryl methyl sites for hydroxylation is 1. The Morgan fingerprint density at radius 2 is 1.90 bits per heavy atom. The van der Waals surface area contributed by atoms with Gasteiger partial charge in [-0.05, 0) is 23.3 Å². The first kappa shape index (κ1) is 20.8. The van der Waals surface area contributed by atoms with E-state index >= 15 is 0 Å². The van der Waals surface area contributed by atoms with Crippen LogP contribution in [0.1, 0.15) is 17.2 Å². The number of imidazole rings is 1. The number of hydrogen-bond acceptors (Lipinski definition) is 6. The van der Waals surface area contributed by atoms with Gasteiger partial charge in [-0.15, -0.1) is 0 Å². The Kier molecular flexibility index (Phi) is 5.83. The van der Waals surface area contributed by atoms with Crippen molar-refractivity contribution in [1.29, 1.82) is 0 Å². The number of H-pyrrole nitrogens is 1. The molecule has 1 atom stereocenters. The second kappa shape index (κ2) is 8.70. The highest BCUT2D eigenvalue weighted by Crippen LogP contribution is 2.21. The largest absolute Gasteiger partial charge is 0.387 e. The number of fused-ring (bicyclic) bond motifs is 1. The number of nitrogens with one attached hydrogen (secondary N) is 2. The maximum Gasteiger partial charge on any atom is 0.329 e. The van der Waals surface area contributed by atoms with Crippen LogP contribution in [0, 0.1) is 0 Å². The summed E-state index contributed by atoms with van der Waals surface area (Å²) in [6.45, 7) is 0.0396. The van der Waals surface area contributed by atoms with Gasteiger partial charge in [0.2, 0.25) is 5.95 Å². The normalized spacial score (nSPS) is 12.5. The van der Waals surface area contributed by atoms with Gasteiger partial charge in [-0.2, -0.15) is 10.1 Å². The summed E-state index contributed by atoms with van der Waals surface area (Å²) in [4.78, 5) is 31.2. The minimum atomic E-state index is -0.897. The Morgan fingerprint density at radius 1 is 1.19 bits per heavy atom. The first-order valence-corrected chi connectivity index (χ1v) is 10.2. The SMILES string of the molecule is Cn1c(=O)[nH]c(=O)c2c1nc(N/N=C\c1ccc(Br)cc1)n2C[C@@H](O)c1ccccc1. The van der Waals surface area contributed by atoms with Gasteiger partial charge in [0, 0.05) is 11.5 Å². The lowest BCUT2D eigenvalue weighted by molar-refractivity contribution is 0.158. The average Bonchev–Trinajstić information content (AvgIpc) is 3.13. The highest BCUT2D eigenvalue weighted by molar-refractivity contribution is 9.10. The van der Waals surface area contributed by atoms with Crippen molar-refractivity contribution in [1.82, 2.24) is 19.1 Å². The molecule has 3 N–H and O–H groups in total. The van der Waals surface area contributed by atoms with Crippen molar-refractivity contribution in [2.24, 2.45) is 12.1 Å². The molecule has 0 bridgehead atoms. The van der Waals surface area contributed by atoms with E-state index in [2.05, 4.69) is 36.4 Å². The molecular formula is C21H19BrN6O3. The maximum absolute atomic E-state index is 12.5. The summed E-state index contributed by atoms with van der Waals surface area (Å²) in [5, 5.41) is 14.9. The molecule has 158 valence electrons. The van der Waals surface area contributed by atoms with Crippen LogP contribution >= 0.6 is 15.9 Å². The van der Waals surface area contributed by atoms with E-state index in [-0.39, 0.29) is 23.7 Å². The Labute approximate surface area is 184 Å². The van der Waals surface area contributed by atoms with E-state index in [4.69, 9.17) is 0 Å². The summed E-state index contributed by atoms with van der Waals surface area (Å²) in [5.41, 5.74) is 3.57. The molecule has 0 aliphatic carbocycles. The second-order valence-corrected chi connectivity index (χ2v) is 7.80. The van der Waals surface area contributed by atoms with Gasteiger partial charge in [0.1, 0.15) is 0 Å². The quantitative estimate of drug-likeness (QED) is 0.288. The number of hydrogen-bond donors (Lipinski definition) is 3. The van der Waals surface area contributed by atoms with Crippen LogP contribution in [-0.2, 0) is 13.6 Å². The Hall–Kier alpha value is -3.50. The third-order valence-corrected chi connectivity index (χ3v) is 5.32. The number of rotatable bonds is 6. The first-order valence-electron chi connectivity index (χ1n) is 9.41. The molecule has 0 aliphatic heterocycles. The Morgan fingerprint density at radius 3 is 2.61 bits per heavy atom. The summed E-state index contributed by atoms with van der Waals surface area (Å²) in [7, 11) is 1.51. The lowest BCUT2D eigenvalue weighted by atomic mass is 10.1. The third-order valence-electron chi connectivity index (χ3n) is 4.80. The van der Waals surface area contributed by atoms with Crippen LogP contribution in [0.25, 0.3) is 11.2 Å². The minimum absolute atomic E-state index is 0.0396. The number of aliphatic hydroxyl groups is 1. The second-order valence-electron chi connectivity index (χ2n) is 6.88. The zero-order valence-electron chi connectivity index (χ0n) is 16.5. The summed E-state index contributed by atoms with van der Waals surface area (Å²) in [5.74, 6) is 0.227. The van der Waals surface area contributed by atoms with Crippen LogP contribution < -0.4 is 16.7 Å². The number of benzene rings is 2. The van der Waals surface area contributed by atoms with Crippen molar-refractivity contribution in [2.45, 2.75) is 12.6 Å². The van der Waals surface area contributed by atoms with Crippen molar-refractivity contribution in [3.63, 3.8) is 0 Å². The van der Waals surface area contributed by atoms with Gasteiger partial charge in [0.25, 0.3) is 5.56 Å². The summed E-state index contributed by atoms with van der Waals surface area (Å²) >= 11 is 3.38. The molecular weight excluding hydrogens is 464 g/mol. The lowest BCUT2D eigenvalue weighted by Gasteiger charge is -2.14. The summed E-state index contributed by atoms with van der Waals surface area (Å²) in [6.07, 6.45) is 0.707. The molecule has 0 aliphatic rings. The number of aromatic amines is 1. The molecule has 4 rings (SSSR count). The highest BCUT2D eigenvalue weighted by Gasteiger charge is 2.20. The molecule has 2 heterocycles. The molecule has 0 saturated carbocycles. The zero-order chi connectivity index (χ0) is 22.0. The van der Waals surface area contributed by atoms with E-state index in [9.17, 15) is 14.7 Å². The molecule has 0 amide bonds. The van der Waals surface area contributed by atoms with Gasteiger partial charge in [0.15, 0.2) is 11.2 Å². The molecule has 31 heavy (non-hydrogen) atoms. The van der Waals surface area contributed by atoms with Crippen LogP contribution in [0.4, 0.5) is 5.95 Å². The van der Waals surface area contributed by atoms with Crippen LogP contribution in [0.2, 0.25) is 0 Å². The van der Waals surface area contributed by atoms with E-state index in [0.717, 1.165) is 10.0 Å².